The van der Waals surface area contributed by atoms with Crippen LogP contribution in [0.15, 0.2) is 0 Å². The Kier molecular flexibility index (Phi) is 4.22. The molecule has 0 amide bonds. The lowest BCUT2D eigenvalue weighted by atomic mass is 9.49. The Morgan fingerprint density at radius 1 is 1.10 bits per heavy atom. The molecule has 2 atom stereocenters. The van der Waals surface area contributed by atoms with Crippen molar-refractivity contribution in [3.63, 3.8) is 0 Å². The molecule has 0 heterocycles. The quantitative estimate of drug-likeness (QED) is 0.772. The maximum absolute atomic E-state index is 11.6. The van der Waals surface area contributed by atoms with Gasteiger partial charge in [0.05, 0.1) is 17.1 Å². The molecule has 2 saturated carbocycles. The van der Waals surface area contributed by atoms with E-state index < -0.39 is 11.0 Å². The molecule has 120 valence electrons. The zero-order valence-corrected chi connectivity index (χ0v) is 14.6. The van der Waals surface area contributed by atoms with Crippen LogP contribution in [0.2, 0.25) is 0 Å². The molecule has 0 aliphatic heterocycles. The fourth-order valence-corrected chi connectivity index (χ4v) is 5.77. The number of aliphatic hydroxyl groups is 1. The van der Waals surface area contributed by atoms with Gasteiger partial charge in [-0.3, -0.25) is 0 Å². The van der Waals surface area contributed by atoms with Crippen LogP contribution < -0.4 is 0 Å². The fraction of sp³-hybridized carbons (Fsp3) is 0.947. The van der Waals surface area contributed by atoms with Crippen LogP contribution in [0.5, 0.6) is 0 Å². The summed E-state index contributed by atoms with van der Waals surface area (Å²) >= 11 is 0. The third-order valence-electron chi connectivity index (χ3n) is 6.03. The monoisotopic (exact) mass is 291 g/mol. The summed E-state index contributed by atoms with van der Waals surface area (Å²) in [5.74, 6) is 0.607. The molecule has 2 nitrogen and oxygen atoms in total. The molecule has 2 fully saturated rings. The summed E-state index contributed by atoms with van der Waals surface area (Å²) in [4.78, 5) is 0. The van der Waals surface area contributed by atoms with Gasteiger partial charge in [0.2, 0.25) is 0 Å². The molecule has 2 unspecified atom stereocenters. The molecule has 21 heavy (non-hydrogen) atoms. The lowest BCUT2D eigenvalue weighted by molar-refractivity contribution is -0.160. The first kappa shape index (κ1) is 16.8. The zero-order chi connectivity index (χ0) is 15.9. The molecule has 2 rings (SSSR count). The van der Waals surface area contributed by atoms with Gasteiger partial charge in [0.1, 0.15) is 0 Å². The predicted octanol–water partition coefficient (Wildman–Crippen LogP) is 5.06. The highest BCUT2D eigenvalue weighted by molar-refractivity contribution is 5.17. The van der Waals surface area contributed by atoms with E-state index >= 15 is 0 Å². The second kappa shape index (κ2) is 5.27. The molecule has 0 saturated heterocycles. The number of rotatable bonds is 2. The molecule has 0 aromatic heterocycles. The van der Waals surface area contributed by atoms with Gasteiger partial charge in [0.15, 0.2) is 0 Å². The summed E-state index contributed by atoms with van der Waals surface area (Å²) in [5.41, 5.74) is -1.12. The van der Waals surface area contributed by atoms with E-state index in [9.17, 15) is 10.4 Å². The number of nitrogens with zero attached hydrogens (tertiary/aromatic N) is 1. The molecule has 0 aromatic carbocycles. The molecular weight excluding hydrogens is 258 g/mol. The molecule has 0 bridgehead atoms. The minimum atomic E-state index is -0.819. The van der Waals surface area contributed by atoms with Gasteiger partial charge in [-0.25, -0.2) is 0 Å². The average Bonchev–Trinajstić information content (AvgIpc) is 2.34. The highest BCUT2D eigenvalue weighted by atomic mass is 16.3. The van der Waals surface area contributed by atoms with Crippen molar-refractivity contribution < 1.29 is 5.11 Å². The second-order valence-corrected chi connectivity index (χ2v) is 9.45. The van der Waals surface area contributed by atoms with E-state index in [0.29, 0.717) is 5.92 Å². The Labute approximate surface area is 130 Å². The first-order valence-electron chi connectivity index (χ1n) is 8.71. The molecule has 0 radical (unpaired) electrons. The Bertz CT molecular complexity index is 415. The van der Waals surface area contributed by atoms with Gasteiger partial charge in [-0.2, -0.15) is 5.26 Å². The van der Waals surface area contributed by atoms with Crippen LogP contribution in [-0.2, 0) is 0 Å². The smallest absolute Gasteiger partial charge is 0.0863 e. The molecule has 2 heteroatoms. The average molecular weight is 291 g/mol. The van der Waals surface area contributed by atoms with Gasteiger partial charge >= 0.3 is 0 Å². The van der Waals surface area contributed by atoms with E-state index in [1.807, 2.05) is 0 Å². The highest BCUT2D eigenvalue weighted by Crippen LogP contribution is 2.59. The first-order chi connectivity index (χ1) is 9.57. The Hall–Kier alpha value is -0.550. The van der Waals surface area contributed by atoms with E-state index in [0.717, 1.165) is 44.9 Å². The Balaban J connectivity index is 2.37. The Morgan fingerprint density at radius 2 is 1.67 bits per heavy atom. The second-order valence-electron chi connectivity index (χ2n) is 9.45. The van der Waals surface area contributed by atoms with E-state index in [1.54, 1.807) is 0 Å². The summed E-state index contributed by atoms with van der Waals surface area (Å²) in [6.07, 6.45) is 7.89. The van der Waals surface area contributed by atoms with Gasteiger partial charge in [-0.15, -0.1) is 0 Å². The van der Waals surface area contributed by atoms with Crippen LogP contribution in [0.4, 0.5) is 0 Å². The van der Waals surface area contributed by atoms with Crippen LogP contribution in [0.25, 0.3) is 0 Å². The van der Waals surface area contributed by atoms with Crippen molar-refractivity contribution in [1.29, 1.82) is 5.26 Å². The van der Waals surface area contributed by atoms with Gasteiger partial charge in [0.25, 0.3) is 0 Å². The number of hydrogen-bond acceptors (Lipinski definition) is 2. The molecule has 0 spiro atoms. The van der Waals surface area contributed by atoms with Crippen molar-refractivity contribution in [1.82, 2.24) is 0 Å². The van der Waals surface area contributed by atoms with Crippen LogP contribution in [-0.4, -0.2) is 10.7 Å². The van der Waals surface area contributed by atoms with Crippen LogP contribution >= 0.6 is 0 Å². The topological polar surface area (TPSA) is 44.0 Å². The lowest BCUT2D eigenvalue weighted by Crippen LogP contribution is -2.57. The highest BCUT2D eigenvalue weighted by Gasteiger charge is 2.58. The van der Waals surface area contributed by atoms with Crippen LogP contribution in [0.3, 0.4) is 0 Å². The van der Waals surface area contributed by atoms with Crippen molar-refractivity contribution in [2.75, 3.05) is 0 Å². The summed E-state index contributed by atoms with van der Waals surface area (Å²) in [6, 6.07) is 2.62. The van der Waals surface area contributed by atoms with Crippen molar-refractivity contribution in [2.45, 2.75) is 91.6 Å². The third-order valence-corrected chi connectivity index (χ3v) is 6.03. The van der Waals surface area contributed by atoms with E-state index in [2.05, 4.69) is 40.7 Å². The van der Waals surface area contributed by atoms with Crippen molar-refractivity contribution in [3.8, 4) is 6.07 Å². The van der Waals surface area contributed by atoms with Crippen molar-refractivity contribution in [3.05, 3.63) is 0 Å². The lowest BCUT2D eigenvalue weighted by Gasteiger charge is -2.57. The third kappa shape index (κ3) is 3.14. The largest absolute Gasteiger partial charge is 0.388 e. The van der Waals surface area contributed by atoms with E-state index in [4.69, 9.17) is 0 Å². The zero-order valence-electron chi connectivity index (χ0n) is 14.6. The van der Waals surface area contributed by atoms with E-state index in [1.165, 1.54) is 6.42 Å². The van der Waals surface area contributed by atoms with Crippen LogP contribution in [0.1, 0.15) is 86.0 Å². The Morgan fingerprint density at radius 3 is 2.14 bits per heavy atom. The van der Waals surface area contributed by atoms with Gasteiger partial charge in [0, 0.05) is 0 Å². The van der Waals surface area contributed by atoms with Crippen molar-refractivity contribution >= 4 is 0 Å². The van der Waals surface area contributed by atoms with Gasteiger partial charge < -0.3 is 5.11 Å². The summed E-state index contributed by atoms with van der Waals surface area (Å²) in [6.45, 7) is 11.2. The first-order valence-corrected chi connectivity index (χ1v) is 8.71. The fourth-order valence-electron chi connectivity index (χ4n) is 5.77. The molecule has 2 aliphatic carbocycles. The van der Waals surface area contributed by atoms with Crippen LogP contribution in [0, 0.1) is 33.5 Å². The number of hydrogen-bond donors (Lipinski definition) is 1. The van der Waals surface area contributed by atoms with Crippen molar-refractivity contribution in [2.24, 2.45) is 22.2 Å². The standard InChI is InChI=1S/C19H33NO/c1-6-15-8-7-9-18(10-15,14-20)19(21)12-16(2,3)11-17(4,5)13-19/h15,21H,6-13H2,1-5H3. The minimum Gasteiger partial charge on any atom is -0.388 e. The molecule has 2 aliphatic rings. The normalized spacial score (nSPS) is 37.7. The summed E-state index contributed by atoms with van der Waals surface area (Å²) in [5, 5.41) is 21.6. The maximum atomic E-state index is 11.6. The maximum Gasteiger partial charge on any atom is 0.0863 e. The molecule has 0 aromatic rings. The summed E-state index contributed by atoms with van der Waals surface area (Å²) in [7, 11) is 0. The SMILES string of the molecule is CCC1CCCC(C#N)(C2(O)CC(C)(C)CC(C)(C)C2)C1. The summed E-state index contributed by atoms with van der Waals surface area (Å²) < 4.78 is 0. The molecule has 1 N–H and O–H groups in total. The predicted molar refractivity (Wildman–Crippen MR) is 86.7 cm³/mol. The molecular formula is C19H33NO. The number of nitriles is 1. The van der Waals surface area contributed by atoms with E-state index in [-0.39, 0.29) is 10.8 Å². The minimum absolute atomic E-state index is 0.111. The van der Waals surface area contributed by atoms with Gasteiger partial charge in [-0.05, 0) is 48.9 Å². The van der Waals surface area contributed by atoms with Gasteiger partial charge in [-0.1, -0.05) is 53.9 Å².